The van der Waals surface area contributed by atoms with Gasteiger partial charge in [-0.2, -0.15) is 0 Å². The fourth-order valence-electron chi connectivity index (χ4n) is 3.10. The van der Waals surface area contributed by atoms with Gasteiger partial charge in [0.15, 0.2) is 0 Å². The Morgan fingerprint density at radius 3 is 2.44 bits per heavy atom. The highest BCUT2D eigenvalue weighted by Gasteiger charge is 2.34. The number of rotatable bonds is 8. The molecule has 1 atom stereocenters. The van der Waals surface area contributed by atoms with E-state index in [1.54, 1.807) is 0 Å². The molecule has 1 saturated heterocycles. The average Bonchev–Trinajstić information content (AvgIpc) is 2.37. The SMILES string of the molecule is CCC(CC)CC1(CNCC(C)C)CCCOC1. The molecule has 0 bridgehead atoms. The predicted octanol–water partition coefficient (Wildman–Crippen LogP) is 3.86. The Morgan fingerprint density at radius 1 is 1.22 bits per heavy atom. The summed E-state index contributed by atoms with van der Waals surface area (Å²) in [5.41, 5.74) is 0.407. The summed E-state index contributed by atoms with van der Waals surface area (Å²) in [5.74, 6) is 1.60. The van der Waals surface area contributed by atoms with E-state index < -0.39 is 0 Å². The van der Waals surface area contributed by atoms with Crippen LogP contribution in [-0.2, 0) is 4.74 Å². The minimum atomic E-state index is 0.407. The third-order valence-corrected chi connectivity index (χ3v) is 4.33. The molecule has 0 aromatic rings. The van der Waals surface area contributed by atoms with Gasteiger partial charge in [0, 0.05) is 18.6 Å². The molecule has 1 aliphatic rings. The van der Waals surface area contributed by atoms with Gasteiger partial charge in [-0.1, -0.05) is 40.5 Å². The Balaban J connectivity index is 2.51. The van der Waals surface area contributed by atoms with Crippen LogP contribution in [0.25, 0.3) is 0 Å². The van der Waals surface area contributed by atoms with Crippen molar-refractivity contribution >= 4 is 0 Å². The summed E-state index contributed by atoms with van der Waals surface area (Å²) < 4.78 is 5.79. The largest absolute Gasteiger partial charge is 0.381 e. The molecule has 18 heavy (non-hydrogen) atoms. The van der Waals surface area contributed by atoms with Gasteiger partial charge in [-0.15, -0.1) is 0 Å². The van der Waals surface area contributed by atoms with E-state index in [1.807, 2.05) is 0 Å². The third-order valence-electron chi connectivity index (χ3n) is 4.33. The first-order valence-electron chi connectivity index (χ1n) is 7.90. The molecule has 0 aromatic carbocycles. The predicted molar refractivity (Wildman–Crippen MR) is 78.9 cm³/mol. The molecule has 1 N–H and O–H groups in total. The number of hydrogen-bond donors (Lipinski definition) is 1. The molecule has 0 aromatic heterocycles. The first-order valence-corrected chi connectivity index (χ1v) is 7.90. The molecule has 1 unspecified atom stereocenters. The summed E-state index contributed by atoms with van der Waals surface area (Å²) in [7, 11) is 0. The van der Waals surface area contributed by atoms with Crippen LogP contribution < -0.4 is 5.32 Å². The zero-order chi connectivity index (χ0) is 13.4. The lowest BCUT2D eigenvalue weighted by Gasteiger charge is -2.40. The number of hydrogen-bond acceptors (Lipinski definition) is 2. The zero-order valence-corrected chi connectivity index (χ0v) is 12.9. The van der Waals surface area contributed by atoms with Crippen LogP contribution >= 0.6 is 0 Å². The standard InChI is InChI=1S/C16H33NO/c1-5-15(6-2)10-16(8-7-9-18-13-16)12-17-11-14(3)4/h14-15,17H,5-13H2,1-4H3. The van der Waals surface area contributed by atoms with Crippen molar-refractivity contribution in [3.63, 3.8) is 0 Å². The molecule has 108 valence electrons. The van der Waals surface area contributed by atoms with Gasteiger partial charge in [-0.05, 0) is 37.6 Å². The monoisotopic (exact) mass is 255 g/mol. The van der Waals surface area contributed by atoms with Crippen molar-refractivity contribution in [1.82, 2.24) is 5.32 Å². The second-order valence-electron chi connectivity index (χ2n) is 6.57. The summed E-state index contributed by atoms with van der Waals surface area (Å²) >= 11 is 0. The normalized spacial score (nSPS) is 25.0. The van der Waals surface area contributed by atoms with E-state index >= 15 is 0 Å². The van der Waals surface area contributed by atoms with Crippen LogP contribution in [0.3, 0.4) is 0 Å². The molecule has 0 aliphatic carbocycles. The van der Waals surface area contributed by atoms with E-state index in [4.69, 9.17) is 4.74 Å². The second kappa shape index (κ2) is 8.16. The molecule has 0 radical (unpaired) electrons. The molecule has 1 rings (SSSR count). The summed E-state index contributed by atoms with van der Waals surface area (Å²) in [6.45, 7) is 13.4. The van der Waals surface area contributed by atoms with Crippen molar-refractivity contribution in [3.05, 3.63) is 0 Å². The van der Waals surface area contributed by atoms with Crippen molar-refractivity contribution < 1.29 is 4.74 Å². The molecule has 1 heterocycles. The Kier molecular flexibility index (Phi) is 7.25. The Bertz CT molecular complexity index is 205. The number of ether oxygens (including phenoxy) is 1. The highest BCUT2D eigenvalue weighted by molar-refractivity contribution is 4.86. The third kappa shape index (κ3) is 5.27. The lowest BCUT2D eigenvalue weighted by molar-refractivity contribution is -0.0214. The first-order chi connectivity index (χ1) is 8.62. The molecular weight excluding hydrogens is 222 g/mol. The average molecular weight is 255 g/mol. The molecule has 1 fully saturated rings. The lowest BCUT2D eigenvalue weighted by Crippen LogP contribution is -2.43. The lowest BCUT2D eigenvalue weighted by atomic mass is 9.74. The quantitative estimate of drug-likeness (QED) is 0.711. The molecule has 0 saturated carbocycles. The van der Waals surface area contributed by atoms with Crippen molar-refractivity contribution in [2.75, 3.05) is 26.3 Å². The van der Waals surface area contributed by atoms with Crippen molar-refractivity contribution in [2.24, 2.45) is 17.3 Å². The molecule has 0 spiro atoms. The fourth-order valence-corrected chi connectivity index (χ4v) is 3.10. The summed E-state index contributed by atoms with van der Waals surface area (Å²) in [4.78, 5) is 0. The maximum atomic E-state index is 5.79. The van der Waals surface area contributed by atoms with Crippen LogP contribution in [0, 0.1) is 17.3 Å². The van der Waals surface area contributed by atoms with Gasteiger partial charge in [-0.3, -0.25) is 0 Å². The maximum absolute atomic E-state index is 5.79. The smallest absolute Gasteiger partial charge is 0.0534 e. The van der Waals surface area contributed by atoms with Gasteiger partial charge >= 0.3 is 0 Å². The van der Waals surface area contributed by atoms with Crippen LogP contribution in [0.15, 0.2) is 0 Å². The summed E-state index contributed by atoms with van der Waals surface area (Å²) in [5, 5.41) is 3.67. The maximum Gasteiger partial charge on any atom is 0.0534 e. The van der Waals surface area contributed by atoms with Gasteiger partial charge in [0.1, 0.15) is 0 Å². The fraction of sp³-hybridized carbons (Fsp3) is 1.00. The minimum Gasteiger partial charge on any atom is -0.381 e. The highest BCUT2D eigenvalue weighted by atomic mass is 16.5. The zero-order valence-electron chi connectivity index (χ0n) is 12.9. The van der Waals surface area contributed by atoms with Gasteiger partial charge in [-0.25, -0.2) is 0 Å². The van der Waals surface area contributed by atoms with E-state index in [0.29, 0.717) is 5.41 Å². The molecule has 1 aliphatic heterocycles. The van der Waals surface area contributed by atoms with Gasteiger partial charge < -0.3 is 10.1 Å². The van der Waals surface area contributed by atoms with Gasteiger partial charge in [0.2, 0.25) is 0 Å². The van der Waals surface area contributed by atoms with Crippen LogP contribution in [0.5, 0.6) is 0 Å². The first kappa shape index (κ1) is 16.0. The van der Waals surface area contributed by atoms with E-state index in [-0.39, 0.29) is 0 Å². The Hall–Kier alpha value is -0.0800. The molecule has 2 heteroatoms. The number of nitrogens with one attached hydrogen (secondary N) is 1. The molecule has 2 nitrogen and oxygen atoms in total. The highest BCUT2D eigenvalue weighted by Crippen LogP contribution is 2.36. The second-order valence-corrected chi connectivity index (χ2v) is 6.57. The topological polar surface area (TPSA) is 21.3 Å². The molecule has 0 amide bonds. The van der Waals surface area contributed by atoms with Crippen molar-refractivity contribution in [2.45, 2.75) is 59.8 Å². The van der Waals surface area contributed by atoms with E-state index in [1.165, 1.54) is 32.1 Å². The van der Waals surface area contributed by atoms with Crippen molar-refractivity contribution in [1.29, 1.82) is 0 Å². The Morgan fingerprint density at radius 2 is 1.94 bits per heavy atom. The van der Waals surface area contributed by atoms with Crippen LogP contribution in [-0.4, -0.2) is 26.3 Å². The van der Waals surface area contributed by atoms with Gasteiger partial charge in [0.05, 0.1) is 6.61 Å². The Labute approximate surface area is 114 Å². The van der Waals surface area contributed by atoms with E-state index in [0.717, 1.165) is 38.1 Å². The molecular formula is C16H33NO. The van der Waals surface area contributed by atoms with Crippen LogP contribution in [0.1, 0.15) is 59.8 Å². The van der Waals surface area contributed by atoms with Crippen molar-refractivity contribution in [3.8, 4) is 0 Å². The minimum absolute atomic E-state index is 0.407. The van der Waals surface area contributed by atoms with Gasteiger partial charge in [0.25, 0.3) is 0 Å². The van der Waals surface area contributed by atoms with Crippen LogP contribution in [0.2, 0.25) is 0 Å². The summed E-state index contributed by atoms with van der Waals surface area (Å²) in [6.07, 6.45) is 6.54. The van der Waals surface area contributed by atoms with E-state index in [9.17, 15) is 0 Å². The summed E-state index contributed by atoms with van der Waals surface area (Å²) in [6, 6.07) is 0. The van der Waals surface area contributed by atoms with E-state index in [2.05, 4.69) is 33.0 Å². The van der Waals surface area contributed by atoms with Crippen LogP contribution in [0.4, 0.5) is 0 Å².